The van der Waals surface area contributed by atoms with Gasteiger partial charge in [0.2, 0.25) is 0 Å². The summed E-state index contributed by atoms with van der Waals surface area (Å²) in [6.07, 6.45) is 0. The minimum atomic E-state index is -0.226. The number of carbonyl (C=O) groups excluding carboxylic acids is 2. The molecule has 0 saturated heterocycles. The topological polar surface area (TPSA) is 58.2 Å². The smallest absolute Gasteiger partial charge is 0.258 e. The number of benzene rings is 2. The molecule has 0 unspecified atom stereocenters. The largest absolute Gasteiger partial charge is 0.322 e. The Bertz CT molecular complexity index is 944. The van der Waals surface area contributed by atoms with Crippen molar-refractivity contribution in [3.8, 4) is 0 Å². The molecule has 2 N–H and O–H groups in total. The van der Waals surface area contributed by atoms with E-state index in [0.29, 0.717) is 16.1 Å². The first kappa shape index (κ1) is 17.9. The monoisotopic (exact) mass is 364 g/mol. The van der Waals surface area contributed by atoms with E-state index >= 15 is 0 Å². The summed E-state index contributed by atoms with van der Waals surface area (Å²) in [4.78, 5) is 26.3. The Balaban J connectivity index is 1.86. The van der Waals surface area contributed by atoms with Gasteiger partial charge in [-0.3, -0.25) is 9.59 Å². The third-order valence-electron chi connectivity index (χ3n) is 4.18. The molecule has 0 spiro atoms. The second-order valence-electron chi connectivity index (χ2n) is 6.13. The van der Waals surface area contributed by atoms with E-state index < -0.39 is 0 Å². The van der Waals surface area contributed by atoms with Crippen LogP contribution in [0, 0.1) is 20.8 Å². The molecule has 2 aromatic carbocycles. The van der Waals surface area contributed by atoms with Crippen molar-refractivity contribution in [2.45, 2.75) is 20.8 Å². The lowest BCUT2D eigenvalue weighted by Gasteiger charge is -2.09. The molecular formula is C21H20N2O2S. The highest BCUT2D eigenvalue weighted by atomic mass is 32.1. The molecule has 26 heavy (non-hydrogen) atoms. The molecule has 0 bridgehead atoms. The summed E-state index contributed by atoms with van der Waals surface area (Å²) in [6, 6.07) is 16.6. The lowest BCUT2D eigenvalue weighted by Crippen LogP contribution is -2.17. The Labute approximate surface area is 156 Å². The number of anilines is 2. The van der Waals surface area contributed by atoms with E-state index in [1.54, 1.807) is 12.1 Å². The fraction of sp³-hybridized carbons (Fsp3) is 0.143. The maximum Gasteiger partial charge on any atom is 0.258 e. The molecule has 1 aromatic heterocycles. The molecule has 0 aliphatic heterocycles. The second-order valence-corrected chi connectivity index (χ2v) is 7.35. The van der Waals surface area contributed by atoms with Crippen molar-refractivity contribution in [2.24, 2.45) is 0 Å². The van der Waals surface area contributed by atoms with E-state index in [1.807, 2.05) is 63.2 Å². The number of hydrogen-bond acceptors (Lipinski definition) is 3. The van der Waals surface area contributed by atoms with Crippen LogP contribution in [0.4, 0.5) is 10.7 Å². The first-order valence-electron chi connectivity index (χ1n) is 8.30. The van der Waals surface area contributed by atoms with Crippen molar-refractivity contribution in [1.82, 2.24) is 0 Å². The molecule has 1 heterocycles. The van der Waals surface area contributed by atoms with E-state index in [4.69, 9.17) is 0 Å². The average molecular weight is 364 g/mol. The van der Waals surface area contributed by atoms with Gasteiger partial charge in [0.25, 0.3) is 11.8 Å². The summed E-state index contributed by atoms with van der Waals surface area (Å²) >= 11 is 1.41. The van der Waals surface area contributed by atoms with Gasteiger partial charge in [0.05, 0.1) is 5.56 Å². The van der Waals surface area contributed by atoms with Gasteiger partial charge < -0.3 is 10.6 Å². The van der Waals surface area contributed by atoms with Gasteiger partial charge in [-0.15, -0.1) is 11.3 Å². The Morgan fingerprint density at radius 2 is 1.46 bits per heavy atom. The molecule has 2 amide bonds. The van der Waals surface area contributed by atoms with Gasteiger partial charge in [-0.25, -0.2) is 0 Å². The van der Waals surface area contributed by atoms with Crippen LogP contribution in [0.5, 0.6) is 0 Å². The highest BCUT2D eigenvalue weighted by molar-refractivity contribution is 7.16. The first-order chi connectivity index (χ1) is 12.5. The maximum absolute atomic E-state index is 12.8. The summed E-state index contributed by atoms with van der Waals surface area (Å²) in [7, 11) is 0. The number of hydrogen-bond donors (Lipinski definition) is 2. The standard InChI is InChI=1S/C21H20N2O2S/c1-13-9-11-17(12-10-13)22-20(25)18-14(2)15(3)26-21(18)23-19(24)16-7-5-4-6-8-16/h4-12H,1-3H3,(H,22,25)(H,23,24). The number of rotatable bonds is 4. The quantitative estimate of drug-likeness (QED) is 0.670. The number of aryl methyl sites for hydroxylation is 2. The number of carbonyl (C=O) groups is 2. The van der Waals surface area contributed by atoms with Crippen LogP contribution in [0.2, 0.25) is 0 Å². The Morgan fingerprint density at radius 1 is 0.808 bits per heavy atom. The summed E-state index contributed by atoms with van der Waals surface area (Å²) < 4.78 is 0. The summed E-state index contributed by atoms with van der Waals surface area (Å²) in [6.45, 7) is 5.84. The van der Waals surface area contributed by atoms with Crippen LogP contribution in [0.1, 0.15) is 36.7 Å². The van der Waals surface area contributed by atoms with E-state index in [0.717, 1.165) is 21.7 Å². The molecule has 0 radical (unpaired) electrons. The Morgan fingerprint density at radius 3 is 2.12 bits per heavy atom. The Kier molecular flexibility index (Phi) is 5.19. The van der Waals surface area contributed by atoms with Gasteiger partial charge in [-0.1, -0.05) is 35.9 Å². The van der Waals surface area contributed by atoms with Crippen LogP contribution in [-0.4, -0.2) is 11.8 Å². The highest BCUT2D eigenvalue weighted by Gasteiger charge is 2.21. The molecule has 0 atom stereocenters. The van der Waals surface area contributed by atoms with Crippen molar-refractivity contribution in [2.75, 3.05) is 10.6 Å². The molecule has 132 valence electrons. The molecule has 0 saturated carbocycles. The van der Waals surface area contributed by atoms with Crippen molar-refractivity contribution >= 4 is 33.8 Å². The molecule has 3 rings (SSSR count). The predicted molar refractivity (Wildman–Crippen MR) is 107 cm³/mol. The fourth-order valence-corrected chi connectivity index (χ4v) is 3.64. The summed E-state index contributed by atoms with van der Waals surface area (Å²) in [5.41, 5.74) is 3.80. The van der Waals surface area contributed by atoms with Crippen molar-refractivity contribution in [1.29, 1.82) is 0 Å². The SMILES string of the molecule is Cc1ccc(NC(=O)c2c(NC(=O)c3ccccc3)sc(C)c2C)cc1. The molecular weight excluding hydrogens is 344 g/mol. The van der Waals surface area contributed by atoms with E-state index in [-0.39, 0.29) is 11.8 Å². The van der Waals surface area contributed by atoms with Crippen LogP contribution < -0.4 is 10.6 Å². The lowest BCUT2D eigenvalue weighted by atomic mass is 10.1. The Hall–Kier alpha value is -2.92. The van der Waals surface area contributed by atoms with Gasteiger partial charge in [0.15, 0.2) is 0 Å². The third-order valence-corrected chi connectivity index (χ3v) is 5.31. The number of amides is 2. The highest BCUT2D eigenvalue weighted by Crippen LogP contribution is 2.33. The normalized spacial score (nSPS) is 10.4. The molecule has 4 nitrogen and oxygen atoms in total. The predicted octanol–water partition coefficient (Wildman–Crippen LogP) is 5.18. The van der Waals surface area contributed by atoms with Crippen LogP contribution in [0.3, 0.4) is 0 Å². The van der Waals surface area contributed by atoms with Gasteiger partial charge in [-0.2, -0.15) is 0 Å². The zero-order valence-electron chi connectivity index (χ0n) is 14.9. The zero-order valence-corrected chi connectivity index (χ0v) is 15.7. The van der Waals surface area contributed by atoms with Gasteiger partial charge in [0.1, 0.15) is 5.00 Å². The second kappa shape index (κ2) is 7.54. The molecule has 3 aromatic rings. The fourth-order valence-electron chi connectivity index (χ4n) is 2.58. The van der Waals surface area contributed by atoms with Crippen molar-refractivity contribution < 1.29 is 9.59 Å². The van der Waals surface area contributed by atoms with Crippen molar-refractivity contribution in [3.63, 3.8) is 0 Å². The van der Waals surface area contributed by atoms with Crippen LogP contribution in [-0.2, 0) is 0 Å². The molecule has 0 fully saturated rings. The minimum absolute atomic E-state index is 0.223. The summed E-state index contributed by atoms with van der Waals surface area (Å²) in [5.74, 6) is -0.449. The van der Waals surface area contributed by atoms with Crippen molar-refractivity contribution in [3.05, 3.63) is 81.7 Å². The van der Waals surface area contributed by atoms with E-state index in [9.17, 15) is 9.59 Å². The third kappa shape index (κ3) is 3.83. The maximum atomic E-state index is 12.8. The number of nitrogens with one attached hydrogen (secondary N) is 2. The average Bonchev–Trinajstić information content (AvgIpc) is 2.91. The number of thiophene rings is 1. The summed E-state index contributed by atoms with van der Waals surface area (Å²) in [5, 5.41) is 6.36. The molecule has 0 aliphatic rings. The zero-order chi connectivity index (χ0) is 18.7. The minimum Gasteiger partial charge on any atom is -0.322 e. The van der Waals surface area contributed by atoms with Crippen LogP contribution in [0.15, 0.2) is 54.6 Å². The van der Waals surface area contributed by atoms with E-state index in [2.05, 4.69) is 10.6 Å². The molecule has 0 aliphatic carbocycles. The van der Waals surface area contributed by atoms with Crippen LogP contribution in [0.25, 0.3) is 0 Å². The molecule has 5 heteroatoms. The van der Waals surface area contributed by atoms with Gasteiger partial charge >= 0.3 is 0 Å². The van der Waals surface area contributed by atoms with Crippen LogP contribution >= 0.6 is 11.3 Å². The first-order valence-corrected chi connectivity index (χ1v) is 9.12. The lowest BCUT2D eigenvalue weighted by molar-refractivity contribution is 0.102. The van der Waals surface area contributed by atoms with Gasteiger partial charge in [-0.05, 0) is 50.6 Å². The van der Waals surface area contributed by atoms with E-state index in [1.165, 1.54) is 11.3 Å². The van der Waals surface area contributed by atoms with Gasteiger partial charge in [0, 0.05) is 16.1 Å².